The lowest BCUT2D eigenvalue weighted by Crippen LogP contribution is -1.97. The summed E-state index contributed by atoms with van der Waals surface area (Å²) in [5.41, 5.74) is 9.39. The Balaban J connectivity index is 1.32. The second-order valence-corrected chi connectivity index (χ2v) is 9.19. The van der Waals surface area contributed by atoms with Crippen molar-refractivity contribution in [2.75, 3.05) is 12.3 Å². The average molecular weight is 513 g/mol. The van der Waals surface area contributed by atoms with Gasteiger partial charge in [-0.2, -0.15) is 15.3 Å². The van der Waals surface area contributed by atoms with E-state index in [-0.39, 0.29) is 0 Å². The third-order valence-corrected chi connectivity index (χ3v) is 6.23. The fourth-order valence-corrected chi connectivity index (χ4v) is 4.10. The Morgan fingerprint density at radius 3 is 2.11 bits per heavy atom. The Kier molecular flexibility index (Phi) is 9.60. The van der Waals surface area contributed by atoms with Gasteiger partial charge in [-0.1, -0.05) is 74.9 Å². The van der Waals surface area contributed by atoms with E-state index in [0.29, 0.717) is 45.8 Å². The summed E-state index contributed by atoms with van der Waals surface area (Å²) < 4.78 is 5.83. The van der Waals surface area contributed by atoms with Crippen molar-refractivity contribution in [2.24, 2.45) is 20.5 Å². The topological polar surface area (TPSA) is 84.7 Å². The minimum Gasteiger partial charge on any atom is -0.492 e. The van der Waals surface area contributed by atoms with Crippen molar-refractivity contribution in [2.45, 2.75) is 45.4 Å². The van der Waals surface area contributed by atoms with Gasteiger partial charge in [0.05, 0.1) is 34.4 Å². The molecular formula is C30H31ClN5O. The van der Waals surface area contributed by atoms with Crippen LogP contribution >= 0.6 is 11.6 Å². The first-order valence-corrected chi connectivity index (χ1v) is 13.1. The molecule has 0 atom stereocenters. The zero-order chi connectivity index (χ0) is 25.9. The molecule has 0 aromatic heterocycles. The molecule has 37 heavy (non-hydrogen) atoms. The number of fused-ring (bicyclic) bond motifs is 1. The van der Waals surface area contributed by atoms with Crippen molar-refractivity contribution in [3.63, 3.8) is 0 Å². The first-order valence-electron chi connectivity index (χ1n) is 12.7. The van der Waals surface area contributed by atoms with Gasteiger partial charge in [0.15, 0.2) is 0 Å². The molecule has 0 amide bonds. The van der Waals surface area contributed by atoms with Crippen LogP contribution < -0.4 is 10.5 Å². The highest BCUT2D eigenvalue weighted by Crippen LogP contribution is 2.32. The van der Waals surface area contributed by atoms with Crippen LogP contribution in [0, 0.1) is 6.07 Å². The van der Waals surface area contributed by atoms with Crippen LogP contribution in [0.5, 0.6) is 5.75 Å². The molecular weight excluding hydrogens is 482 g/mol. The summed E-state index contributed by atoms with van der Waals surface area (Å²) in [4.78, 5) is 0. The van der Waals surface area contributed by atoms with Gasteiger partial charge in [-0.05, 0) is 55.0 Å². The molecule has 7 heteroatoms. The number of hydrogen-bond donors (Lipinski definition) is 1. The number of halogens is 1. The van der Waals surface area contributed by atoms with Gasteiger partial charge in [0.25, 0.3) is 0 Å². The first-order chi connectivity index (χ1) is 18.1. The van der Waals surface area contributed by atoms with E-state index in [4.69, 9.17) is 22.1 Å². The first kappa shape index (κ1) is 26.3. The molecule has 0 saturated carbocycles. The number of azo groups is 2. The summed E-state index contributed by atoms with van der Waals surface area (Å²) >= 11 is 6.38. The highest BCUT2D eigenvalue weighted by atomic mass is 35.5. The predicted molar refractivity (Wildman–Crippen MR) is 152 cm³/mol. The van der Waals surface area contributed by atoms with Crippen LogP contribution in [0.2, 0.25) is 5.02 Å². The molecule has 0 unspecified atom stereocenters. The van der Waals surface area contributed by atoms with Gasteiger partial charge in [-0.3, -0.25) is 0 Å². The van der Waals surface area contributed by atoms with Crippen LogP contribution in [0.15, 0.2) is 93.3 Å². The molecule has 6 nitrogen and oxygen atoms in total. The summed E-state index contributed by atoms with van der Waals surface area (Å²) in [5, 5.41) is 19.7. The van der Waals surface area contributed by atoms with Crippen molar-refractivity contribution in [3.05, 3.63) is 83.9 Å². The highest BCUT2D eigenvalue weighted by Gasteiger charge is 2.05. The molecule has 2 N–H and O–H groups in total. The van der Waals surface area contributed by atoms with Crippen LogP contribution in [-0.2, 0) is 0 Å². The molecule has 0 aliphatic heterocycles. The van der Waals surface area contributed by atoms with Crippen LogP contribution in [-0.4, -0.2) is 6.61 Å². The summed E-state index contributed by atoms with van der Waals surface area (Å²) in [6.07, 6.45) is 7.33. The maximum absolute atomic E-state index is 6.38. The number of rotatable bonds is 12. The van der Waals surface area contributed by atoms with Gasteiger partial charge in [0.2, 0.25) is 0 Å². The molecule has 4 rings (SSSR count). The Morgan fingerprint density at radius 2 is 1.38 bits per heavy atom. The summed E-state index contributed by atoms with van der Waals surface area (Å²) in [7, 11) is 0. The molecule has 189 valence electrons. The van der Waals surface area contributed by atoms with Crippen molar-refractivity contribution < 1.29 is 4.74 Å². The normalized spacial score (nSPS) is 11.6. The smallest absolute Gasteiger partial charge is 0.138 e. The number of nitrogens with two attached hydrogens (primary N) is 1. The monoisotopic (exact) mass is 512 g/mol. The molecule has 0 fully saturated rings. The van der Waals surface area contributed by atoms with Crippen molar-refractivity contribution >= 4 is 50.8 Å². The number of hydrogen-bond acceptors (Lipinski definition) is 6. The van der Waals surface area contributed by atoms with Gasteiger partial charge in [-0.25, -0.2) is 0 Å². The van der Waals surface area contributed by atoms with Gasteiger partial charge < -0.3 is 10.5 Å². The Morgan fingerprint density at radius 1 is 0.757 bits per heavy atom. The molecule has 0 spiro atoms. The maximum atomic E-state index is 6.38. The van der Waals surface area contributed by atoms with E-state index < -0.39 is 0 Å². The minimum atomic E-state index is 0.533. The summed E-state index contributed by atoms with van der Waals surface area (Å²) in [6, 6.07) is 25.4. The quantitative estimate of drug-likeness (QED) is 0.116. The Bertz CT molecular complexity index is 1370. The molecule has 0 heterocycles. The van der Waals surface area contributed by atoms with Crippen molar-refractivity contribution in [1.82, 2.24) is 0 Å². The Hall–Kier alpha value is -3.77. The van der Waals surface area contributed by atoms with Crippen LogP contribution in [0.4, 0.5) is 28.4 Å². The van der Waals surface area contributed by atoms with Gasteiger partial charge >= 0.3 is 0 Å². The lowest BCUT2D eigenvalue weighted by molar-refractivity contribution is 0.304. The number of ether oxygens (including phenoxy) is 1. The largest absolute Gasteiger partial charge is 0.492 e. The number of anilines is 1. The van der Waals surface area contributed by atoms with Crippen LogP contribution in [0.1, 0.15) is 45.4 Å². The number of nitrogens with zero attached hydrogens (tertiary/aromatic N) is 4. The van der Waals surface area contributed by atoms with E-state index in [1.54, 1.807) is 12.1 Å². The van der Waals surface area contributed by atoms with Crippen molar-refractivity contribution in [1.29, 1.82) is 0 Å². The molecule has 4 aromatic rings. The second-order valence-electron chi connectivity index (χ2n) is 8.78. The standard InChI is InChI=1S/C30H31ClN5O/c1-2-3-4-5-6-9-20-37-30-19-16-24(21-27(30)31)35-33-22-12-14-23(15-13-22)34-36-29-18-17-28(32)25-10-7-8-11-26(25)29/h7-8,10-16,18-19,21H,2-6,9,20,32H2,1H3. The summed E-state index contributed by atoms with van der Waals surface area (Å²) in [6.45, 7) is 2.89. The van der Waals surface area contributed by atoms with E-state index in [9.17, 15) is 0 Å². The van der Waals surface area contributed by atoms with E-state index in [1.165, 1.54) is 32.1 Å². The van der Waals surface area contributed by atoms with Crippen LogP contribution in [0.3, 0.4) is 0 Å². The van der Waals surface area contributed by atoms with Gasteiger partial charge in [0.1, 0.15) is 5.75 Å². The average Bonchev–Trinajstić information content (AvgIpc) is 2.93. The van der Waals surface area contributed by atoms with Crippen molar-refractivity contribution in [3.8, 4) is 5.75 Å². The number of benzene rings is 4. The number of nitrogen functional groups attached to an aromatic ring is 1. The van der Waals surface area contributed by atoms with Gasteiger partial charge in [-0.15, -0.1) is 5.11 Å². The van der Waals surface area contributed by atoms with Crippen LogP contribution in [0.25, 0.3) is 10.8 Å². The molecule has 0 bridgehead atoms. The summed E-state index contributed by atoms with van der Waals surface area (Å²) in [5.74, 6) is 0.676. The second kappa shape index (κ2) is 13.5. The SMILES string of the molecule is CCCCCCCCOc1ccc(N=Nc2ccc(N=Nc3c[c]c(N)c4ccccc34)cc2)cc1Cl. The maximum Gasteiger partial charge on any atom is 0.138 e. The molecule has 0 saturated heterocycles. The lowest BCUT2D eigenvalue weighted by atomic mass is 10.1. The number of unbranched alkanes of at least 4 members (excludes halogenated alkanes) is 5. The third-order valence-electron chi connectivity index (χ3n) is 5.93. The molecule has 0 aliphatic rings. The van der Waals surface area contributed by atoms with E-state index in [0.717, 1.165) is 17.2 Å². The molecule has 0 aliphatic carbocycles. The fourth-order valence-electron chi connectivity index (χ4n) is 3.87. The Labute approximate surface area is 223 Å². The highest BCUT2D eigenvalue weighted by molar-refractivity contribution is 6.32. The zero-order valence-electron chi connectivity index (χ0n) is 21.0. The minimum absolute atomic E-state index is 0.533. The zero-order valence-corrected chi connectivity index (χ0v) is 21.8. The van der Waals surface area contributed by atoms with E-state index in [2.05, 4.69) is 33.4 Å². The lowest BCUT2D eigenvalue weighted by Gasteiger charge is -2.08. The van der Waals surface area contributed by atoms with Gasteiger partial charge in [0, 0.05) is 22.5 Å². The third kappa shape index (κ3) is 7.61. The molecule has 1 radical (unpaired) electrons. The predicted octanol–water partition coefficient (Wildman–Crippen LogP) is 10.4. The van der Waals surface area contributed by atoms with E-state index in [1.807, 2.05) is 60.7 Å². The van der Waals surface area contributed by atoms with E-state index >= 15 is 0 Å². The fraction of sp³-hybridized carbons (Fsp3) is 0.267. The molecule has 4 aromatic carbocycles.